The number of hydrogen-bond acceptors (Lipinski definition) is 1. The van der Waals surface area contributed by atoms with Gasteiger partial charge in [-0.2, -0.15) is 0 Å². The van der Waals surface area contributed by atoms with Crippen molar-refractivity contribution in [2.75, 3.05) is 6.54 Å². The second-order valence-electron chi connectivity index (χ2n) is 5.93. The lowest BCUT2D eigenvalue weighted by atomic mass is 9.89. The number of rotatable bonds is 9. The summed E-state index contributed by atoms with van der Waals surface area (Å²) in [6, 6.07) is 0. The second kappa shape index (κ2) is 9.21. The molecule has 1 heteroatoms. The quantitative estimate of drug-likeness (QED) is 0.561. The molecule has 0 amide bonds. The molecule has 0 radical (unpaired) electrons. The fourth-order valence-electron chi connectivity index (χ4n) is 1.86. The highest BCUT2D eigenvalue weighted by atomic mass is 14.5. The minimum Gasteiger partial charge on any atom is -0.330 e. The van der Waals surface area contributed by atoms with Crippen LogP contribution in [0.4, 0.5) is 0 Å². The van der Waals surface area contributed by atoms with Crippen molar-refractivity contribution in [2.24, 2.45) is 11.1 Å². The summed E-state index contributed by atoms with van der Waals surface area (Å²) in [6.45, 7) is 7.87. The third-order valence-corrected chi connectivity index (χ3v) is 2.88. The predicted molar refractivity (Wildman–Crippen MR) is 70.1 cm³/mol. The minimum atomic E-state index is 0.529. The van der Waals surface area contributed by atoms with Crippen LogP contribution < -0.4 is 5.73 Å². The van der Waals surface area contributed by atoms with E-state index in [1.54, 1.807) is 0 Å². The van der Waals surface area contributed by atoms with Gasteiger partial charge in [-0.3, -0.25) is 0 Å². The Balaban J connectivity index is 2.99. The van der Waals surface area contributed by atoms with E-state index < -0.39 is 0 Å². The van der Waals surface area contributed by atoms with Gasteiger partial charge >= 0.3 is 0 Å². The van der Waals surface area contributed by atoms with Gasteiger partial charge in [0.1, 0.15) is 0 Å². The maximum Gasteiger partial charge on any atom is -0.00773 e. The molecule has 0 aliphatic rings. The van der Waals surface area contributed by atoms with Gasteiger partial charge in [0.15, 0.2) is 0 Å². The molecule has 0 aromatic carbocycles. The van der Waals surface area contributed by atoms with Crippen LogP contribution in [-0.4, -0.2) is 6.54 Å². The highest BCUT2D eigenvalue weighted by Crippen LogP contribution is 2.22. The summed E-state index contributed by atoms with van der Waals surface area (Å²) >= 11 is 0. The molecule has 0 bridgehead atoms. The Labute approximate surface area is 96.8 Å². The summed E-state index contributed by atoms with van der Waals surface area (Å²) in [4.78, 5) is 0. The third-order valence-electron chi connectivity index (χ3n) is 2.88. The van der Waals surface area contributed by atoms with E-state index >= 15 is 0 Å². The first-order chi connectivity index (χ1) is 7.06. The number of hydrogen-bond donors (Lipinski definition) is 1. The fourth-order valence-corrected chi connectivity index (χ4v) is 1.86. The molecule has 0 aromatic rings. The first-order valence-electron chi connectivity index (χ1n) is 6.76. The normalized spacial score (nSPS) is 12.0. The van der Waals surface area contributed by atoms with Gasteiger partial charge in [-0.05, 0) is 24.8 Å². The molecule has 0 aromatic heterocycles. The van der Waals surface area contributed by atoms with Crippen molar-refractivity contribution >= 4 is 0 Å². The lowest BCUT2D eigenvalue weighted by Gasteiger charge is -2.17. The molecule has 0 aliphatic carbocycles. The average molecular weight is 213 g/mol. The summed E-state index contributed by atoms with van der Waals surface area (Å²) in [6.07, 6.45) is 12.4. The van der Waals surface area contributed by atoms with Crippen LogP contribution in [-0.2, 0) is 0 Å². The molecule has 92 valence electrons. The van der Waals surface area contributed by atoms with Crippen molar-refractivity contribution < 1.29 is 0 Å². The zero-order valence-electron chi connectivity index (χ0n) is 11.1. The van der Waals surface area contributed by atoms with Crippen molar-refractivity contribution in [3.63, 3.8) is 0 Å². The Bertz CT molecular complexity index is 124. The van der Waals surface area contributed by atoms with Crippen LogP contribution in [0, 0.1) is 5.41 Å². The fraction of sp³-hybridized carbons (Fsp3) is 1.00. The summed E-state index contributed by atoms with van der Waals surface area (Å²) in [5.74, 6) is 0. The molecule has 0 rings (SSSR count). The van der Waals surface area contributed by atoms with E-state index in [-0.39, 0.29) is 0 Å². The third kappa shape index (κ3) is 14.0. The Morgan fingerprint density at radius 3 is 1.47 bits per heavy atom. The van der Waals surface area contributed by atoms with Crippen molar-refractivity contribution in [3.05, 3.63) is 0 Å². The monoisotopic (exact) mass is 213 g/mol. The van der Waals surface area contributed by atoms with Gasteiger partial charge in [-0.25, -0.2) is 0 Å². The standard InChI is InChI=1S/C14H31N/c1-14(2,3)12-10-8-6-4-5-7-9-11-13-15/h4-13,15H2,1-3H3. The van der Waals surface area contributed by atoms with E-state index in [1.807, 2.05) is 0 Å². The van der Waals surface area contributed by atoms with Gasteiger partial charge in [-0.15, -0.1) is 0 Å². The van der Waals surface area contributed by atoms with E-state index in [9.17, 15) is 0 Å². The Hall–Kier alpha value is -0.0400. The molecule has 0 atom stereocenters. The lowest BCUT2D eigenvalue weighted by molar-refractivity contribution is 0.356. The topological polar surface area (TPSA) is 26.0 Å². The van der Waals surface area contributed by atoms with Gasteiger partial charge in [0, 0.05) is 0 Å². The second-order valence-corrected chi connectivity index (χ2v) is 5.93. The molecule has 0 aliphatic heterocycles. The van der Waals surface area contributed by atoms with Gasteiger partial charge in [-0.1, -0.05) is 65.7 Å². The summed E-state index contributed by atoms with van der Waals surface area (Å²) in [7, 11) is 0. The van der Waals surface area contributed by atoms with Crippen LogP contribution in [0.15, 0.2) is 0 Å². The highest BCUT2D eigenvalue weighted by molar-refractivity contribution is 4.61. The zero-order valence-corrected chi connectivity index (χ0v) is 11.1. The first kappa shape index (κ1) is 15.0. The molecule has 1 nitrogen and oxygen atoms in total. The number of unbranched alkanes of at least 4 members (excludes halogenated alkanes) is 7. The van der Waals surface area contributed by atoms with Crippen molar-refractivity contribution in [2.45, 2.75) is 78.6 Å². The van der Waals surface area contributed by atoms with Crippen LogP contribution >= 0.6 is 0 Å². The Morgan fingerprint density at radius 1 is 0.667 bits per heavy atom. The van der Waals surface area contributed by atoms with Crippen LogP contribution in [0.2, 0.25) is 0 Å². The van der Waals surface area contributed by atoms with Crippen molar-refractivity contribution in [1.82, 2.24) is 0 Å². The van der Waals surface area contributed by atoms with E-state index in [2.05, 4.69) is 20.8 Å². The average Bonchev–Trinajstić information content (AvgIpc) is 2.14. The molecular weight excluding hydrogens is 182 g/mol. The summed E-state index contributed by atoms with van der Waals surface area (Å²) in [5, 5.41) is 0. The maximum atomic E-state index is 5.45. The van der Waals surface area contributed by atoms with Gasteiger partial charge < -0.3 is 5.73 Å². The summed E-state index contributed by atoms with van der Waals surface area (Å²) < 4.78 is 0. The zero-order chi connectivity index (χ0) is 11.6. The van der Waals surface area contributed by atoms with E-state index in [4.69, 9.17) is 5.73 Å². The highest BCUT2D eigenvalue weighted by Gasteiger charge is 2.08. The molecule has 0 unspecified atom stereocenters. The van der Waals surface area contributed by atoms with Gasteiger partial charge in [0.2, 0.25) is 0 Å². The molecule has 15 heavy (non-hydrogen) atoms. The van der Waals surface area contributed by atoms with Crippen LogP contribution in [0.3, 0.4) is 0 Å². The summed E-state index contributed by atoms with van der Waals surface area (Å²) in [5.41, 5.74) is 5.98. The van der Waals surface area contributed by atoms with Crippen molar-refractivity contribution in [1.29, 1.82) is 0 Å². The molecule has 2 N–H and O–H groups in total. The lowest BCUT2D eigenvalue weighted by Crippen LogP contribution is -2.03. The Morgan fingerprint density at radius 2 is 1.07 bits per heavy atom. The molecule has 0 saturated carbocycles. The van der Waals surface area contributed by atoms with Crippen molar-refractivity contribution in [3.8, 4) is 0 Å². The van der Waals surface area contributed by atoms with Crippen LogP contribution in [0.5, 0.6) is 0 Å². The smallest absolute Gasteiger partial charge is 0.00773 e. The van der Waals surface area contributed by atoms with E-state index in [0.29, 0.717) is 5.41 Å². The Kier molecular flexibility index (Phi) is 9.18. The molecule has 0 spiro atoms. The SMILES string of the molecule is CC(C)(C)CCCCCCCCCCN. The van der Waals surface area contributed by atoms with Gasteiger partial charge in [0.05, 0.1) is 0 Å². The maximum absolute atomic E-state index is 5.45. The molecule has 0 heterocycles. The molecule has 0 fully saturated rings. The van der Waals surface area contributed by atoms with Gasteiger partial charge in [0.25, 0.3) is 0 Å². The van der Waals surface area contributed by atoms with Crippen LogP contribution in [0.1, 0.15) is 78.6 Å². The minimum absolute atomic E-state index is 0.529. The predicted octanol–water partition coefficient (Wildman–Crippen LogP) is 4.50. The molecular formula is C14H31N. The van der Waals surface area contributed by atoms with Crippen LogP contribution in [0.25, 0.3) is 0 Å². The molecule has 0 saturated heterocycles. The number of nitrogens with two attached hydrogens (primary N) is 1. The largest absolute Gasteiger partial charge is 0.330 e. The first-order valence-corrected chi connectivity index (χ1v) is 6.76. The van der Waals surface area contributed by atoms with E-state index in [1.165, 1.54) is 57.8 Å². The van der Waals surface area contributed by atoms with E-state index in [0.717, 1.165) is 6.54 Å².